The fourth-order valence-electron chi connectivity index (χ4n) is 1.37. The van der Waals surface area contributed by atoms with E-state index in [1.54, 1.807) is 0 Å². The van der Waals surface area contributed by atoms with Crippen LogP contribution in [0.15, 0.2) is 12.1 Å². The number of halogens is 3. The van der Waals surface area contributed by atoms with Crippen molar-refractivity contribution in [2.75, 3.05) is 20.6 Å². The van der Waals surface area contributed by atoms with Crippen LogP contribution >= 0.6 is 0 Å². The lowest BCUT2D eigenvalue weighted by Crippen LogP contribution is -2.14. The molecule has 1 nitrogen and oxygen atoms in total. The van der Waals surface area contributed by atoms with E-state index in [1.165, 1.54) is 0 Å². The minimum atomic E-state index is -1.06. The Morgan fingerprint density at radius 3 is 2.27 bits per heavy atom. The summed E-state index contributed by atoms with van der Waals surface area (Å²) in [5.41, 5.74) is -0.156. The second kappa shape index (κ2) is 5.16. The van der Waals surface area contributed by atoms with Gasteiger partial charge in [0.05, 0.1) is 0 Å². The molecular formula is C11H14F3N. The molecule has 0 N–H and O–H groups in total. The Hall–Kier alpha value is -1.03. The van der Waals surface area contributed by atoms with Crippen molar-refractivity contribution in [2.24, 2.45) is 0 Å². The first-order valence-electron chi connectivity index (χ1n) is 4.79. The Morgan fingerprint density at radius 1 is 1.07 bits per heavy atom. The van der Waals surface area contributed by atoms with Gasteiger partial charge < -0.3 is 4.90 Å². The van der Waals surface area contributed by atoms with Crippen molar-refractivity contribution < 1.29 is 13.2 Å². The fraction of sp³-hybridized carbons (Fsp3) is 0.455. The SMILES string of the molecule is CN(C)CCCc1c(F)ccc(F)c1F. The molecule has 0 aliphatic heterocycles. The third-order valence-corrected chi connectivity index (χ3v) is 2.17. The first-order valence-corrected chi connectivity index (χ1v) is 4.79. The molecule has 1 aromatic carbocycles. The maximum Gasteiger partial charge on any atom is 0.164 e. The molecule has 0 spiro atoms. The van der Waals surface area contributed by atoms with Gasteiger partial charge in [-0.05, 0) is 45.6 Å². The molecular weight excluding hydrogens is 203 g/mol. The van der Waals surface area contributed by atoms with Crippen LogP contribution in [0.5, 0.6) is 0 Å². The van der Waals surface area contributed by atoms with Crippen molar-refractivity contribution in [3.05, 3.63) is 35.1 Å². The molecule has 1 aromatic rings. The number of hydrogen-bond acceptors (Lipinski definition) is 1. The first kappa shape index (κ1) is 12.0. The zero-order chi connectivity index (χ0) is 11.4. The molecule has 1 rings (SSSR count). The summed E-state index contributed by atoms with van der Waals surface area (Å²) in [7, 11) is 3.75. The van der Waals surface area contributed by atoms with E-state index >= 15 is 0 Å². The highest BCUT2D eigenvalue weighted by Crippen LogP contribution is 2.17. The maximum atomic E-state index is 13.2. The number of benzene rings is 1. The number of hydrogen-bond donors (Lipinski definition) is 0. The summed E-state index contributed by atoms with van der Waals surface area (Å²) in [5, 5.41) is 0. The van der Waals surface area contributed by atoms with E-state index in [-0.39, 0.29) is 12.0 Å². The van der Waals surface area contributed by atoms with Crippen LogP contribution in [0.4, 0.5) is 13.2 Å². The molecule has 0 atom stereocenters. The van der Waals surface area contributed by atoms with Gasteiger partial charge in [0.15, 0.2) is 11.6 Å². The summed E-state index contributed by atoms with van der Waals surface area (Å²) >= 11 is 0. The molecule has 0 radical (unpaired) electrons. The molecule has 0 fully saturated rings. The predicted octanol–water partition coefficient (Wildman–Crippen LogP) is 2.60. The van der Waals surface area contributed by atoms with Gasteiger partial charge in [0.1, 0.15) is 5.82 Å². The summed E-state index contributed by atoms with van der Waals surface area (Å²) in [6.07, 6.45) is 0.817. The normalized spacial score (nSPS) is 11.1. The lowest BCUT2D eigenvalue weighted by Gasteiger charge is -2.10. The Labute approximate surface area is 87.5 Å². The minimum Gasteiger partial charge on any atom is -0.309 e. The third kappa shape index (κ3) is 3.23. The molecule has 0 aliphatic rings. The summed E-state index contributed by atoms with van der Waals surface area (Å²) in [6.45, 7) is 0.718. The second-order valence-corrected chi connectivity index (χ2v) is 3.73. The molecule has 15 heavy (non-hydrogen) atoms. The highest BCUT2D eigenvalue weighted by molar-refractivity contribution is 5.21. The molecule has 0 unspecified atom stereocenters. The smallest absolute Gasteiger partial charge is 0.164 e. The van der Waals surface area contributed by atoms with Crippen LogP contribution in [-0.2, 0) is 6.42 Å². The van der Waals surface area contributed by atoms with Crippen molar-refractivity contribution >= 4 is 0 Å². The average Bonchev–Trinajstić information content (AvgIpc) is 2.17. The van der Waals surface area contributed by atoms with Gasteiger partial charge in [-0.2, -0.15) is 0 Å². The summed E-state index contributed by atoms with van der Waals surface area (Å²) in [6, 6.07) is 1.77. The van der Waals surface area contributed by atoms with Gasteiger partial charge >= 0.3 is 0 Å². The van der Waals surface area contributed by atoms with Crippen LogP contribution in [-0.4, -0.2) is 25.5 Å². The first-order chi connectivity index (χ1) is 7.02. The average molecular weight is 217 g/mol. The molecule has 0 bridgehead atoms. The Bertz CT molecular complexity index is 337. The maximum absolute atomic E-state index is 13.2. The summed E-state index contributed by atoms with van der Waals surface area (Å²) in [5.74, 6) is -2.72. The monoisotopic (exact) mass is 217 g/mol. The largest absolute Gasteiger partial charge is 0.309 e. The van der Waals surface area contributed by atoms with Crippen molar-refractivity contribution in [3.63, 3.8) is 0 Å². The van der Waals surface area contributed by atoms with Crippen LogP contribution < -0.4 is 0 Å². The molecule has 0 amide bonds. The second-order valence-electron chi connectivity index (χ2n) is 3.73. The van der Waals surface area contributed by atoms with Gasteiger partial charge in [0.25, 0.3) is 0 Å². The topological polar surface area (TPSA) is 3.24 Å². The highest BCUT2D eigenvalue weighted by atomic mass is 19.2. The van der Waals surface area contributed by atoms with Gasteiger partial charge in [-0.25, -0.2) is 13.2 Å². The van der Waals surface area contributed by atoms with E-state index < -0.39 is 17.5 Å². The Morgan fingerprint density at radius 2 is 1.67 bits per heavy atom. The fourth-order valence-corrected chi connectivity index (χ4v) is 1.37. The van der Waals surface area contributed by atoms with Crippen LogP contribution in [0.1, 0.15) is 12.0 Å². The Kier molecular flexibility index (Phi) is 4.15. The highest BCUT2D eigenvalue weighted by Gasteiger charge is 2.12. The van der Waals surface area contributed by atoms with Crippen LogP contribution in [0.2, 0.25) is 0 Å². The van der Waals surface area contributed by atoms with E-state index in [9.17, 15) is 13.2 Å². The predicted molar refractivity (Wildman–Crippen MR) is 53.2 cm³/mol. The third-order valence-electron chi connectivity index (χ3n) is 2.17. The summed E-state index contributed by atoms with van der Waals surface area (Å²) < 4.78 is 39.1. The molecule has 0 saturated carbocycles. The zero-order valence-electron chi connectivity index (χ0n) is 8.86. The van der Waals surface area contributed by atoms with E-state index in [2.05, 4.69) is 0 Å². The molecule has 0 saturated heterocycles. The van der Waals surface area contributed by atoms with Crippen LogP contribution in [0, 0.1) is 17.5 Å². The van der Waals surface area contributed by atoms with Crippen LogP contribution in [0.3, 0.4) is 0 Å². The Balaban J connectivity index is 2.71. The zero-order valence-corrected chi connectivity index (χ0v) is 8.86. The quantitative estimate of drug-likeness (QED) is 0.701. The van der Waals surface area contributed by atoms with Gasteiger partial charge in [0.2, 0.25) is 0 Å². The lowest BCUT2D eigenvalue weighted by molar-refractivity contribution is 0.395. The standard InChI is InChI=1S/C11H14F3N/c1-15(2)7-3-4-8-9(12)5-6-10(13)11(8)14/h5-6H,3-4,7H2,1-2H3. The van der Waals surface area contributed by atoms with E-state index in [1.807, 2.05) is 19.0 Å². The molecule has 0 aromatic heterocycles. The van der Waals surface area contributed by atoms with Crippen molar-refractivity contribution in [3.8, 4) is 0 Å². The van der Waals surface area contributed by atoms with Gasteiger partial charge in [0, 0.05) is 5.56 Å². The van der Waals surface area contributed by atoms with E-state index in [4.69, 9.17) is 0 Å². The summed E-state index contributed by atoms with van der Waals surface area (Å²) in [4.78, 5) is 1.91. The van der Waals surface area contributed by atoms with E-state index in [0.29, 0.717) is 6.42 Å². The van der Waals surface area contributed by atoms with Gasteiger partial charge in [-0.1, -0.05) is 0 Å². The molecule has 4 heteroatoms. The van der Waals surface area contributed by atoms with Crippen LogP contribution in [0.25, 0.3) is 0 Å². The number of rotatable bonds is 4. The minimum absolute atomic E-state index is 0.156. The lowest BCUT2D eigenvalue weighted by atomic mass is 10.1. The van der Waals surface area contributed by atoms with E-state index in [0.717, 1.165) is 18.7 Å². The van der Waals surface area contributed by atoms with Gasteiger partial charge in [-0.3, -0.25) is 0 Å². The molecule has 84 valence electrons. The number of nitrogens with zero attached hydrogens (tertiary/aromatic N) is 1. The van der Waals surface area contributed by atoms with Gasteiger partial charge in [-0.15, -0.1) is 0 Å². The molecule has 0 aliphatic carbocycles. The van der Waals surface area contributed by atoms with Crippen molar-refractivity contribution in [1.82, 2.24) is 4.90 Å². The van der Waals surface area contributed by atoms with Crippen molar-refractivity contribution in [2.45, 2.75) is 12.8 Å². The molecule has 0 heterocycles. The van der Waals surface area contributed by atoms with Crippen molar-refractivity contribution in [1.29, 1.82) is 0 Å².